The molecular formula is C21H32N2O4S2. The Morgan fingerprint density at radius 1 is 1.34 bits per heavy atom. The van der Waals surface area contributed by atoms with Crippen LogP contribution in [0.25, 0.3) is 0 Å². The van der Waals surface area contributed by atoms with Crippen LogP contribution in [-0.4, -0.2) is 53.4 Å². The number of nitrogens with one attached hydrogen (secondary N) is 1. The number of hydrogen-bond acceptors (Lipinski definition) is 6. The Hall–Kier alpha value is -1.64. The molecular weight excluding hydrogens is 408 g/mol. The van der Waals surface area contributed by atoms with Gasteiger partial charge in [0.15, 0.2) is 0 Å². The second kappa shape index (κ2) is 13.6. The van der Waals surface area contributed by atoms with Gasteiger partial charge in [-0.15, -0.1) is 0 Å². The minimum atomic E-state index is -1.04. The van der Waals surface area contributed by atoms with E-state index in [1.807, 2.05) is 18.4 Å². The molecule has 8 heteroatoms. The summed E-state index contributed by atoms with van der Waals surface area (Å²) in [5.74, 6) is 0.856. The number of carboxylic acids is 1. The number of carbonyl (C=O) groups is 2. The summed E-state index contributed by atoms with van der Waals surface area (Å²) in [5.41, 5.74) is 6.25. The maximum absolute atomic E-state index is 12.5. The van der Waals surface area contributed by atoms with Gasteiger partial charge < -0.3 is 20.9 Å². The number of amides is 1. The molecule has 0 heterocycles. The van der Waals surface area contributed by atoms with Gasteiger partial charge in [-0.2, -0.15) is 24.4 Å². The van der Waals surface area contributed by atoms with Gasteiger partial charge in [0.2, 0.25) is 0 Å². The first-order valence-electron chi connectivity index (χ1n) is 9.58. The number of carbonyl (C=O) groups excluding carboxylic acids is 1. The fraction of sp³-hybridized carbons (Fsp3) is 0.524. The molecule has 0 aromatic heterocycles. The number of aliphatic carboxylic acids is 1. The predicted octanol–water partition coefficient (Wildman–Crippen LogP) is 3.09. The lowest BCUT2D eigenvalue weighted by atomic mass is 9.96. The number of rotatable bonds is 13. The molecule has 0 saturated heterocycles. The van der Waals surface area contributed by atoms with E-state index in [4.69, 9.17) is 10.5 Å². The fourth-order valence-electron chi connectivity index (χ4n) is 2.47. The van der Waals surface area contributed by atoms with Gasteiger partial charge in [-0.25, -0.2) is 4.79 Å². The largest absolute Gasteiger partial charge is 0.493 e. The number of thioether (sulfide) groups is 1. The molecule has 1 amide bonds. The minimum absolute atomic E-state index is 0.0973. The molecule has 3 atom stereocenters. The van der Waals surface area contributed by atoms with E-state index < -0.39 is 17.9 Å². The smallest absolute Gasteiger partial charge is 0.326 e. The first-order valence-corrected chi connectivity index (χ1v) is 11.6. The molecule has 0 saturated carbocycles. The fourth-order valence-corrected chi connectivity index (χ4v) is 3.06. The van der Waals surface area contributed by atoms with Crippen molar-refractivity contribution < 1.29 is 19.4 Å². The van der Waals surface area contributed by atoms with E-state index in [0.29, 0.717) is 41.8 Å². The van der Waals surface area contributed by atoms with Crippen molar-refractivity contribution in [3.63, 3.8) is 0 Å². The average Bonchev–Trinajstić information content (AvgIpc) is 2.70. The van der Waals surface area contributed by atoms with Crippen molar-refractivity contribution in [1.82, 2.24) is 5.32 Å². The third-order valence-corrected chi connectivity index (χ3v) is 5.49. The first kappa shape index (κ1) is 25.4. The number of nitrogens with two attached hydrogens (primary N) is 1. The maximum Gasteiger partial charge on any atom is 0.326 e. The topological polar surface area (TPSA) is 102 Å². The van der Waals surface area contributed by atoms with E-state index in [1.165, 1.54) is 11.8 Å². The van der Waals surface area contributed by atoms with Gasteiger partial charge in [-0.05, 0) is 42.5 Å². The molecule has 0 spiro atoms. The van der Waals surface area contributed by atoms with Crippen LogP contribution in [0.5, 0.6) is 5.75 Å². The molecule has 4 N–H and O–H groups in total. The molecule has 1 aromatic rings. The molecule has 0 aliphatic heterocycles. The van der Waals surface area contributed by atoms with Crippen LogP contribution in [0.1, 0.15) is 30.6 Å². The molecule has 0 aliphatic carbocycles. The molecule has 0 bridgehead atoms. The Labute approximate surface area is 183 Å². The number of thiol groups is 1. The van der Waals surface area contributed by atoms with Crippen molar-refractivity contribution in [3.8, 4) is 5.75 Å². The van der Waals surface area contributed by atoms with E-state index in [2.05, 4.69) is 31.8 Å². The highest BCUT2D eigenvalue weighted by Gasteiger charge is 2.20. The molecule has 0 fully saturated rings. The lowest BCUT2D eigenvalue weighted by Crippen LogP contribution is -2.41. The Morgan fingerprint density at radius 2 is 2.07 bits per heavy atom. The Bertz CT molecular complexity index is 682. The van der Waals surface area contributed by atoms with Crippen LogP contribution in [0.15, 0.2) is 36.4 Å². The van der Waals surface area contributed by atoms with E-state index in [1.54, 1.807) is 24.3 Å². The SMILES string of the molecule is CSCCC(NC(=O)c1cccc(OCC(/C=C/C(N)CS)C(C)C)c1)C(=O)O. The van der Waals surface area contributed by atoms with Crippen molar-refractivity contribution in [1.29, 1.82) is 0 Å². The van der Waals surface area contributed by atoms with E-state index in [-0.39, 0.29) is 12.0 Å². The lowest BCUT2D eigenvalue weighted by molar-refractivity contribution is -0.139. The number of hydrogen-bond donors (Lipinski definition) is 4. The van der Waals surface area contributed by atoms with Crippen LogP contribution in [-0.2, 0) is 4.79 Å². The standard InChI is InChI=1S/C21H32N2O4S2/c1-14(2)16(7-8-17(22)13-28)12-27-18-6-4-5-15(11-18)20(24)23-19(21(25)26)9-10-29-3/h4-8,11,14,16-17,19,28H,9-10,12-13,22H2,1-3H3,(H,23,24)(H,25,26)/b8-7+. The Balaban J connectivity index is 2.76. The van der Waals surface area contributed by atoms with Crippen molar-refractivity contribution in [2.24, 2.45) is 17.6 Å². The second-order valence-corrected chi connectivity index (χ2v) is 8.47. The number of carboxylic acid groups (broad SMARTS) is 1. The van der Waals surface area contributed by atoms with Crippen LogP contribution in [0.2, 0.25) is 0 Å². The highest BCUT2D eigenvalue weighted by molar-refractivity contribution is 7.98. The molecule has 162 valence electrons. The minimum Gasteiger partial charge on any atom is -0.493 e. The summed E-state index contributed by atoms with van der Waals surface area (Å²) in [4.78, 5) is 23.8. The lowest BCUT2D eigenvalue weighted by Gasteiger charge is -2.19. The van der Waals surface area contributed by atoms with Gasteiger partial charge in [0.1, 0.15) is 11.8 Å². The Kier molecular flexibility index (Phi) is 11.9. The number of benzene rings is 1. The summed E-state index contributed by atoms with van der Waals surface area (Å²) in [7, 11) is 0. The predicted molar refractivity (Wildman–Crippen MR) is 123 cm³/mol. The first-order chi connectivity index (χ1) is 13.8. The van der Waals surface area contributed by atoms with Crippen molar-refractivity contribution in [2.45, 2.75) is 32.4 Å². The monoisotopic (exact) mass is 440 g/mol. The zero-order chi connectivity index (χ0) is 21.8. The average molecular weight is 441 g/mol. The zero-order valence-corrected chi connectivity index (χ0v) is 18.9. The highest BCUT2D eigenvalue weighted by atomic mass is 32.2. The van der Waals surface area contributed by atoms with Crippen LogP contribution in [0, 0.1) is 11.8 Å². The van der Waals surface area contributed by atoms with Gasteiger partial charge >= 0.3 is 5.97 Å². The maximum atomic E-state index is 12.5. The van der Waals surface area contributed by atoms with E-state index in [9.17, 15) is 14.7 Å². The quantitative estimate of drug-likeness (QED) is 0.278. The normalized spacial score (nSPS) is 14.6. The van der Waals surface area contributed by atoms with Crippen LogP contribution in [0.4, 0.5) is 0 Å². The summed E-state index contributed by atoms with van der Waals surface area (Å²) < 4.78 is 5.89. The molecule has 6 nitrogen and oxygen atoms in total. The van der Waals surface area contributed by atoms with Gasteiger partial charge in [0.25, 0.3) is 5.91 Å². The summed E-state index contributed by atoms with van der Waals surface area (Å²) >= 11 is 5.72. The summed E-state index contributed by atoms with van der Waals surface area (Å²) in [5, 5.41) is 11.9. The van der Waals surface area contributed by atoms with Crippen LogP contribution in [0.3, 0.4) is 0 Å². The van der Waals surface area contributed by atoms with Crippen molar-refractivity contribution in [2.75, 3.05) is 24.4 Å². The van der Waals surface area contributed by atoms with Gasteiger partial charge in [0, 0.05) is 23.3 Å². The third kappa shape index (κ3) is 9.60. The van der Waals surface area contributed by atoms with Gasteiger partial charge in [-0.3, -0.25) is 4.79 Å². The third-order valence-electron chi connectivity index (χ3n) is 4.43. The molecule has 0 aliphatic rings. The molecule has 3 unspecified atom stereocenters. The van der Waals surface area contributed by atoms with Crippen molar-refractivity contribution >= 4 is 36.3 Å². The van der Waals surface area contributed by atoms with Crippen LogP contribution < -0.4 is 15.8 Å². The Morgan fingerprint density at radius 3 is 2.66 bits per heavy atom. The second-order valence-electron chi connectivity index (χ2n) is 7.12. The summed E-state index contributed by atoms with van der Waals surface area (Å²) in [6.45, 7) is 4.66. The van der Waals surface area contributed by atoms with Crippen molar-refractivity contribution in [3.05, 3.63) is 42.0 Å². The van der Waals surface area contributed by atoms with Gasteiger partial charge in [0.05, 0.1) is 6.61 Å². The molecule has 1 rings (SSSR count). The highest BCUT2D eigenvalue weighted by Crippen LogP contribution is 2.18. The van der Waals surface area contributed by atoms with E-state index >= 15 is 0 Å². The van der Waals surface area contributed by atoms with Gasteiger partial charge in [-0.1, -0.05) is 32.1 Å². The molecule has 1 aromatic carbocycles. The van der Waals surface area contributed by atoms with Crippen LogP contribution >= 0.6 is 24.4 Å². The summed E-state index contributed by atoms with van der Waals surface area (Å²) in [6.07, 6.45) is 6.25. The zero-order valence-electron chi connectivity index (χ0n) is 17.2. The summed E-state index contributed by atoms with van der Waals surface area (Å²) in [6, 6.07) is 5.76. The van der Waals surface area contributed by atoms with E-state index in [0.717, 1.165) is 0 Å². The molecule has 0 radical (unpaired) electrons. The number of ether oxygens (including phenoxy) is 1. The molecule has 29 heavy (non-hydrogen) atoms.